The summed E-state index contributed by atoms with van der Waals surface area (Å²) in [4.78, 5) is 15.2. The van der Waals surface area contributed by atoms with Gasteiger partial charge in [0.15, 0.2) is 0 Å². The highest BCUT2D eigenvalue weighted by molar-refractivity contribution is 6.08. The molecule has 8 nitrogen and oxygen atoms in total. The first-order valence-corrected chi connectivity index (χ1v) is 9.25. The summed E-state index contributed by atoms with van der Waals surface area (Å²) in [5, 5.41) is 30.4. The standard InChI is InChI=1S/C23H15N5O3/c1-12-16(21-13(2)18(11-25)23(26)27-22(21)17(12)10-24)9-14-7-8-20(31-14)15-5-3-4-6-19(15)28(29)30/h3-9H,1-2H3,(H2,26,27)/b16-9+. The maximum atomic E-state index is 11.3. The van der Waals surface area contributed by atoms with Crippen LogP contribution in [-0.4, -0.2) is 9.91 Å². The SMILES string of the molecule is CC1=C(C#N)c2nc(N)c(C#N)c(C)c2/C1=C/c1ccc(-c2ccccc2[N+](=O)[O-])o1. The van der Waals surface area contributed by atoms with Crippen molar-refractivity contribution in [1.82, 2.24) is 4.98 Å². The molecule has 0 radical (unpaired) electrons. The third-order valence-corrected chi connectivity index (χ3v) is 5.26. The van der Waals surface area contributed by atoms with E-state index in [0.29, 0.717) is 50.6 Å². The van der Waals surface area contributed by atoms with Crippen LogP contribution in [0.5, 0.6) is 0 Å². The van der Waals surface area contributed by atoms with Gasteiger partial charge in [0.25, 0.3) is 5.69 Å². The fraction of sp³-hybridized carbons (Fsp3) is 0.0870. The van der Waals surface area contributed by atoms with Gasteiger partial charge < -0.3 is 10.2 Å². The lowest BCUT2D eigenvalue weighted by Crippen LogP contribution is -2.03. The summed E-state index contributed by atoms with van der Waals surface area (Å²) in [6.45, 7) is 3.55. The van der Waals surface area contributed by atoms with Crippen LogP contribution in [0, 0.1) is 39.7 Å². The first kappa shape index (κ1) is 19.6. The summed E-state index contributed by atoms with van der Waals surface area (Å²) < 4.78 is 5.88. The zero-order chi connectivity index (χ0) is 22.3. The summed E-state index contributed by atoms with van der Waals surface area (Å²) in [5.74, 6) is 0.879. The van der Waals surface area contributed by atoms with Crippen molar-refractivity contribution in [3.8, 4) is 23.5 Å². The Labute approximate surface area is 177 Å². The molecule has 2 N–H and O–H groups in total. The number of nitro benzene ring substituents is 1. The minimum absolute atomic E-state index is 0.0562. The lowest BCUT2D eigenvalue weighted by molar-refractivity contribution is -0.384. The van der Waals surface area contributed by atoms with Crippen LogP contribution in [0.3, 0.4) is 0 Å². The fourth-order valence-electron chi connectivity index (χ4n) is 3.75. The van der Waals surface area contributed by atoms with E-state index in [2.05, 4.69) is 17.1 Å². The number of furan rings is 1. The number of para-hydroxylation sites is 1. The number of nitro groups is 1. The van der Waals surface area contributed by atoms with Gasteiger partial charge in [0.05, 0.1) is 27.3 Å². The Morgan fingerprint density at radius 3 is 2.58 bits per heavy atom. The van der Waals surface area contributed by atoms with Gasteiger partial charge in [-0.15, -0.1) is 0 Å². The Morgan fingerprint density at radius 1 is 1.16 bits per heavy atom. The molecular weight excluding hydrogens is 394 g/mol. The minimum atomic E-state index is -0.460. The molecule has 0 spiro atoms. The number of nitrogen functional groups attached to an aromatic ring is 1. The van der Waals surface area contributed by atoms with Crippen molar-refractivity contribution in [3.05, 3.63) is 80.2 Å². The monoisotopic (exact) mass is 409 g/mol. The molecule has 150 valence electrons. The number of nitriles is 2. The van der Waals surface area contributed by atoms with Crippen LogP contribution < -0.4 is 5.73 Å². The van der Waals surface area contributed by atoms with Crippen molar-refractivity contribution in [3.63, 3.8) is 0 Å². The van der Waals surface area contributed by atoms with E-state index < -0.39 is 4.92 Å². The molecule has 0 aliphatic heterocycles. The van der Waals surface area contributed by atoms with Crippen LogP contribution in [0.25, 0.3) is 28.5 Å². The van der Waals surface area contributed by atoms with E-state index in [-0.39, 0.29) is 17.1 Å². The molecule has 1 aliphatic rings. The summed E-state index contributed by atoms with van der Waals surface area (Å²) in [6, 6.07) is 13.9. The molecule has 1 aromatic carbocycles. The predicted octanol–water partition coefficient (Wildman–Crippen LogP) is 4.86. The van der Waals surface area contributed by atoms with E-state index in [1.807, 2.05) is 0 Å². The molecule has 2 aromatic heterocycles. The number of pyridine rings is 1. The number of fused-ring (bicyclic) bond motifs is 1. The van der Waals surface area contributed by atoms with Gasteiger partial charge in [-0.3, -0.25) is 10.1 Å². The molecule has 1 aliphatic carbocycles. The average Bonchev–Trinajstić information content (AvgIpc) is 3.31. The third-order valence-electron chi connectivity index (χ3n) is 5.26. The zero-order valence-corrected chi connectivity index (χ0v) is 16.6. The highest BCUT2D eigenvalue weighted by atomic mass is 16.6. The van der Waals surface area contributed by atoms with Crippen molar-refractivity contribution in [2.24, 2.45) is 0 Å². The van der Waals surface area contributed by atoms with Crippen molar-refractivity contribution < 1.29 is 9.34 Å². The van der Waals surface area contributed by atoms with E-state index in [1.54, 1.807) is 50.3 Å². The number of benzene rings is 1. The maximum Gasteiger partial charge on any atom is 0.280 e. The number of allylic oxidation sites excluding steroid dienone is 3. The summed E-state index contributed by atoms with van der Waals surface area (Å²) >= 11 is 0. The van der Waals surface area contributed by atoms with Crippen LogP contribution >= 0.6 is 0 Å². The molecule has 0 bridgehead atoms. The smallest absolute Gasteiger partial charge is 0.280 e. The Morgan fingerprint density at radius 2 is 1.90 bits per heavy atom. The highest BCUT2D eigenvalue weighted by Gasteiger charge is 2.30. The van der Waals surface area contributed by atoms with Gasteiger partial charge in [-0.1, -0.05) is 12.1 Å². The summed E-state index contributed by atoms with van der Waals surface area (Å²) in [6.07, 6.45) is 1.74. The molecule has 4 rings (SSSR count). The van der Waals surface area contributed by atoms with Crippen molar-refractivity contribution >= 4 is 28.7 Å². The highest BCUT2D eigenvalue weighted by Crippen LogP contribution is 2.44. The Hall–Kier alpha value is -4.69. The topological polar surface area (TPSA) is 143 Å². The van der Waals surface area contributed by atoms with Crippen LogP contribution in [-0.2, 0) is 0 Å². The van der Waals surface area contributed by atoms with Crippen LogP contribution in [0.4, 0.5) is 11.5 Å². The number of hydrogen-bond donors (Lipinski definition) is 1. The molecule has 2 heterocycles. The van der Waals surface area contributed by atoms with Gasteiger partial charge in [-0.25, -0.2) is 4.98 Å². The Balaban J connectivity index is 1.88. The average molecular weight is 409 g/mol. The van der Waals surface area contributed by atoms with Crippen LogP contribution in [0.2, 0.25) is 0 Å². The first-order chi connectivity index (χ1) is 14.9. The quantitative estimate of drug-likeness (QED) is 0.480. The number of rotatable bonds is 3. The Bertz CT molecular complexity index is 1410. The predicted molar refractivity (Wildman–Crippen MR) is 115 cm³/mol. The van der Waals surface area contributed by atoms with Crippen LogP contribution in [0.15, 0.2) is 46.4 Å². The summed E-state index contributed by atoms with van der Waals surface area (Å²) in [7, 11) is 0. The van der Waals surface area contributed by atoms with Crippen LogP contribution in [0.1, 0.15) is 35.1 Å². The molecule has 0 saturated heterocycles. The Kier molecular flexibility index (Phi) is 4.61. The zero-order valence-electron chi connectivity index (χ0n) is 16.6. The largest absolute Gasteiger partial charge is 0.456 e. The number of hydrogen-bond acceptors (Lipinski definition) is 7. The van der Waals surface area contributed by atoms with Gasteiger partial charge in [0.1, 0.15) is 29.5 Å². The number of nitrogens with two attached hydrogens (primary N) is 1. The number of aromatic nitrogens is 1. The van der Waals surface area contributed by atoms with Gasteiger partial charge in [0.2, 0.25) is 0 Å². The van der Waals surface area contributed by atoms with E-state index in [0.717, 1.165) is 0 Å². The van der Waals surface area contributed by atoms with Crippen molar-refractivity contribution in [1.29, 1.82) is 10.5 Å². The lowest BCUT2D eigenvalue weighted by Gasteiger charge is -2.10. The van der Waals surface area contributed by atoms with Gasteiger partial charge in [0, 0.05) is 11.6 Å². The van der Waals surface area contributed by atoms with Crippen molar-refractivity contribution in [2.45, 2.75) is 13.8 Å². The normalized spacial score (nSPS) is 13.7. The maximum absolute atomic E-state index is 11.3. The molecule has 0 amide bonds. The molecule has 0 unspecified atom stereocenters. The second-order valence-electron chi connectivity index (χ2n) is 6.98. The molecule has 31 heavy (non-hydrogen) atoms. The van der Waals surface area contributed by atoms with E-state index in [9.17, 15) is 20.6 Å². The molecular formula is C23H15N5O3. The lowest BCUT2D eigenvalue weighted by atomic mass is 9.96. The van der Waals surface area contributed by atoms with E-state index >= 15 is 0 Å². The molecule has 3 aromatic rings. The molecule has 0 saturated carbocycles. The van der Waals surface area contributed by atoms with E-state index in [1.165, 1.54) is 6.07 Å². The minimum Gasteiger partial charge on any atom is -0.456 e. The molecule has 8 heteroatoms. The second kappa shape index (κ2) is 7.29. The third kappa shape index (κ3) is 3.04. The second-order valence-corrected chi connectivity index (χ2v) is 6.98. The van der Waals surface area contributed by atoms with Crippen molar-refractivity contribution in [2.75, 3.05) is 5.73 Å². The van der Waals surface area contributed by atoms with Gasteiger partial charge in [-0.2, -0.15) is 10.5 Å². The van der Waals surface area contributed by atoms with Gasteiger partial charge >= 0.3 is 0 Å². The number of anilines is 1. The summed E-state index contributed by atoms with van der Waals surface area (Å²) in [5.41, 5.74) is 9.97. The van der Waals surface area contributed by atoms with E-state index in [4.69, 9.17) is 10.2 Å². The number of nitrogens with zero attached hydrogens (tertiary/aromatic N) is 4. The first-order valence-electron chi connectivity index (χ1n) is 9.25. The van der Waals surface area contributed by atoms with Gasteiger partial charge in [-0.05, 0) is 54.8 Å². The molecule has 0 atom stereocenters. The molecule has 0 fully saturated rings. The fourth-order valence-corrected chi connectivity index (χ4v) is 3.75.